The molecule has 26 heavy (non-hydrogen) atoms. The minimum atomic E-state index is -3.68. The van der Waals surface area contributed by atoms with Gasteiger partial charge in [-0.15, -0.1) is 0 Å². The largest absolute Gasteiger partial charge is 0.338 e. The number of halogens is 2. The summed E-state index contributed by atoms with van der Waals surface area (Å²) in [7, 11) is -2.24. The fourth-order valence-electron chi connectivity index (χ4n) is 2.28. The average molecular weight is 412 g/mol. The van der Waals surface area contributed by atoms with E-state index in [4.69, 9.17) is 27.7 Å². The van der Waals surface area contributed by atoms with Crippen molar-refractivity contribution < 1.29 is 12.9 Å². The number of rotatable bonds is 6. The predicted octanol–water partition coefficient (Wildman–Crippen LogP) is 4.01. The number of hydrogen-bond acceptors (Lipinski definition) is 5. The predicted molar refractivity (Wildman–Crippen MR) is 100 cm³/mol. The quantitative estimate of drug-likeness (QED) is 0.612. The van der Waals surface area contributed by atoms with Crippen molar-refractivity contribution >= 4 is 33.2 Å². The van der Waals surface area contributed by atoms with Crippen LogP contribution in [0, 0.1) is 0 Å². The topological polar surface area (TPSA) is 76.3 Å². The monoisotopic (exact) mass is 411 g/mol. The zero-order chi connectivity index (χ0) is 18.7. The summed E-state index contributed by atoms with van der Waals surface area (Å²) in [4.78, 5) is 4.24. The average Bonchev–Trinajstić information content (AvgIpc) is 3.07. The highest BCUT2D eigenvalue weighted by molar-refractivity contribution is 7.88. The van der Waals surface area contributed by atoms with Crippen molar-refractivity contribution in [3.05, 3.63) is 70.0 Å². The lowest BCUT2D eigenvalue weighted by atomic mass is 10.2. The lowest BCUT2D eigenvalue weighted by Crippen LogP contribution is -2.28. The van der Waals surface area contributed by atoms with Crippen LogP contribution in [0.4, 0.5) is 0 Å². The summed E-state index contributed by atoms with van der Waals surface area (Å²) in [5.74, 6) is 0.280. The molecule has 6 nitrogen and oxygen atoms in total. The summed E-state index contributed by atoms with van der Waals surface area (Å²) < 4.78 is 31.5. The molecule has 0 fully saturated rings. The molecule has 0 aliphatic heterocycles. The fraction of sp³-hybridized carbons (Fsp3) is 0.176. The van der Waals surface area contributed by atoms with Gasteiger partial charge in [-0.3, -0.25) is 0 Å². The lowest BCUT2D eigenvalue weighted by molar-refractivity contribution is 0.336. The van der Waals surface area contributed by atoms with Gasteiger partial charge in [0, 0.05) is 28.2 Å². The molecular weight excluding hydrogens is 397 g/mol. The molecule has 0 saturated heterocycles. The SMILES string of the molecule is CN(Cc1nc(-c2ccccc2)no1)S(=O)(=O)Cc1c(Cl)cccc1Cl. The highest BCUT2D eigenvalue weighted by atomic mass is 35.5. The summed E-state index contributed by atoms with van der Waals surface area (Å²) in [5.41, 5.74) is 1.15. The van der Waals surface area contributed by atoms with Gasteiger partial charge in [-0.1, -0.05) is 64.8 Å². The van der Waals surface area contributed by atoms with E-state index in [-0.39, 0.29) is 18.2 Å². The van der Waals surface area contributed by atoms with Crippen LogP contribution < -0.4 is 0 Å². The Hall–Kier alpha value is -1.93. The molecule has 1 aromatic heterocycles. The Bertz CT molecular complexity index is 987. The van der Waals surface area contributed by atoms with Gasteiger partial charge in [0.15, 0.2) is 0 Å². The summed E-state index contributed by atoms with van der Waals surface area (Å²) >= 11 is 12.1. The molecule has 0 unspecified atom stereocenters. The highest BCUT2D eigenvalue weighted by Gasteiger charge is 2.24. The number of hydrogen-bond donors (Lipinski definition) is 0. The third-order valence-corrected chi connectivity index (χ3v) is 6.16. The molecule has 0 N–H and O–H groups in total. The van der Waals surface area contributed by atoms with Crippen molar-refractivity contribution in [2.75, 3.05) is 7.05 Å². The van der Waals surface area contributed by atoms with Crippen molar-refractivity contribution in [2.24, 2.45) is 0 Å². The molecule has 136 valence electrons. The number of benzene rings is 2. The van der Waals surface area contributed by atoms with Crippen molar-refractivity contribution in [1.29, 1.82) is 0 Å². The van der Waals surface area contributed by atoms with Gasteiger partial charge < -0.3 is 4.52 Å². The van der Waals surface area contributed by atoms with Gasteiger partial charge >= 0.3 is 0 Å². The van der Waals surface area contributed by atoms with E-state index in [1.165, 1.54) is 7.05 Å². The highest BCUT2D eigenvalue weighted by Crippen LogP contribution is 2.27. The summed E-state index contributed by atoms with van der Waals surface area (Å²) in [6.07, 6.45) is 0. The van der Waals surface area contributed by atoms with Crippen LogP contribution in [-0.2, 0) is 22.3 Å². The van der Waals surface area contributed by atoms with Gasteiger partial charge in [0.2, 0.25) is 21.7 Å². The van der Waals surface area contributed by atoms with E-state index in [0.717, 1.165) is 9.87 Å². The molecule has 9 heteroatoms. The first-order valence-corrected chi connectivity index (χ1v) is 9.98. The van der Waals surface area contributed by atoms with E-state index in [1.807, 2.05) is 30.3 Å². The summed E-state index contributed by atoms with van der Waals surface area (Å²) in [6.45, 7) is -0.0514. The van der Waals surface area contributed by atoms with Gasteiger partial charge in [-0.25, -0.2) is 8.42 Å². The van der Waals surface area contributed by atoms with E-state index in [1.54, 1.807) is 18.2 Å². The maximum absolute atomic E-state index is 12.6. The Morgan fingerprint density at radius 2 is 1.69 bits per heavy atom. The fourth-order valence-corrected chi connectivity index (χ4v) is 4.17. The van der Waals surface area contributed by atoms with Crippen LogP contribution in [0.1, 0.15) is 11.5 Å². The zero-order valence-corrected chi connectivity index (χ0v) is 16.1. The number of aromatic nitrogens is 2. The molecule has 0 aliphatic rings. The van der Waals surface area contributed by atoms with E-state index in [0.29, 0.717) is 21.4 Å². The van der Waals surface area contributed by atoms with Gasteiger partial charge in [0.1, 0.15) is 0 Å². The molecule has 3 rings (SSSR count). The molecular formula is C17H15Cl2N3O3S. The van der Waals surface area contributed by atoms with Gasteiger partial charge in [-0.05, 0) is 12.1 Å². The Morgan fingerprint density at radius 1 is 1.04 bits per heavy atom. The molecule has 1 heterocycles. The van der Waals surface area contributed by atoms with Crippen LogP contribution in [0.15, 0.2) is 53.1 Å². The van der Waals surface area contributed by atoms with E-state index in [9.17, 15) is 8.42 Å². The van der Waals surface area contributed by atoms with Crippen molar-refractivity contribution in [1.82, 2.24) is 14.4 Å². The molecule has 0 bridgehead atoms. The van der Waals surface area contributed by atoms with Crippen LogP contribution in [0.5, 0.6) is 0 Å². The first-order valence-electron chi connectivity index (χ1n) is 7.62. The molecule has 0 aliphatic carbocycles. The van der Waals surface area contributed by atoms with Gasteiger partial charge in [-0.2, -0.15) is 9.29 Å². The van der Waals surface area contributed by atoms with Crippen molar-refractivity contribution in [2.45, 2.75) is 12.3 Å². The van der Waals surface area contributed by atoms with Crippen LogP contribution >= 0.6 is 23.2 Å². The maximum atomic E-state index is 12.6. The molecule has 0 radical (unpaired) electrons. The Balaban J connectivity index is 1.75. The number of sulfonamides is 1. The Labute approximate surface area is 161 Å². The Kier molecular flexibility index (Phi) is 5.62. The second-order valence-electron chi connectivity index (χ2n) is 5.59. The third-order valence-electron chi connectivity index (χ3n) is 3.72. The molecule has 0 amide bonds. The second kappa shape index (κ2) is 7.75. The van der Waals surface area contributed by atoms with Gasteiger partial charge in [0.25, 0.3) is 0 Å². The summed E-state index contributed by atoms with van der Waals surface area (Å²) in [5, 5.41) is 4.49. The number of nitrogens with zero attached hydrogens (tertiary/aromatic N) is 3. The van der Waals surface area contributed by atoms with E-state index in [2.05, 4.69) is 10.1 Å². The first kappa shape index (κ1) is 18.8. The van der Waals surface area contributed by atoms with Crippen LogP contribution in [-0.4, -0.2) is 29.9 Å². The van der Waals surface area contributed by atoms with Crippen LogP contribution in [0.25, 0.3) is 11.4 Å². The molecule has 2 aromatic carbocycles. The lowest BCUT2D eigenvalue weighted by Gasteiger charge is -2.16. The van der Waals surface area contributed by atoms with Gasteiger partial charge in [0.05, 0.1) is 12.3 Å². The molecule has 0 atom stereocenters. The van der Waals surface area contributed by atoms with E-state index < -0.39 is 10.0 Å². The second-order valence-corrected chi connectivity index (χ2v) is 8.48. The van der Waals surface area contributed by atoms with Crippen molar-refractivity contribution in [3.63, 3.8) is 0 Å². The Morgan fingerprint density at radius 3 is 2.35 bits per heavy atom. The molecule has 0 saturated carbocycles. The summed E-state index contributed by atoms with van der Waals surface area (Å²) in [6, 6.07) is 14.1. The van der Waals surface area contributed by atoms with E-state index >= 15 is 0 Å². The zero-order valence-electron chi connectivity index (χ0n) is 13.8. The van der Waals surface area contributed by atoms with Crippen LogP contribution in [0.2, 0.25) is 10.0 Å². The maximum Gasteiger partial charge on any atom is 0.242 e. The standard InChI is InChI=1S/C17H15Cl2N3O3S/c1-22(26(23,24)11-13-14(18)8-5-9-15(13)19)10-16-20-17(21-25-16)12-6-3-2-4-7-12/h2-9H,10-11H2,1H3. The minimum absolute atomic E-state index is 0.0514. The minimum Gasteiger partial charge on any atom is -0.338 e. The molecule has 0 spiro atoms. The normalized spacial score (nSPS) is 11.8. The smallest absolute Gasteiger partial charge is 0.242 e. The molecule has 3 aromatic rings. The van der Waals surface area contributed by atoms with Crippen LogP contribution in [0.3, 0.4) is 0 Å². The third kappa shape index (κ3) is 4.24. The van der Waals surface area contributed by atoms with Crippen molar-refractivity contribution in [3.8, 4) is 11.4 Å². The first-order chi connectivity index (χ1) is 12.4.